The number of ether oxygens (including phenoxy) is 1. The molecular weight excluding hydrogens is 395 g/mol. The Morgan fingerprint density at radius 1 is 1.11 bits per heavy atom. The van der Waals surface area contributed by atoms with Gasteiger partial charge in [0.1, 0.15) is 5.75 Å². The predicted octanol–water partition coefficient (Wildman–Crippen LogP) is 3.30. The van der Waals surface area contributed by atoms with Gasteiger partial charge in [0.15, 0.2) is 6.61 Å². The highest BCUT2D eigenvalue weighted by atomic mass is 19.4. The van der Waals surface area contributed by atoms with E-state index in [2.05, 4.69) is 20.7 Å². The molecule has 2 heterocycles. The maximum absolute atomic E-state index is 13.4. The summed E-state index contributed by atoms with van der Waals surface area (Å²) in [6, 6.07) is 2.98. The van der Waals surface area contributed by atoms with E-state index in [1.807, 2.05) is 0 Å². The van der Waals surface area contributed by atoms with E-state index in [1.54, 1.807) is 0 Å². The van der Waals surface area contributed by atoms with Crippen molar-refractivity contribution < 1.29 is 35.5 Å². The predicted molar refractivity (Wildman–Crippen MR) is 86.6 cm³/mol. The van der Waals surface area contributed by atoms with Crippen LogP contribution in [0, 0.1) is 0 Å². The molecule has 2 saturated heterocycles. The number of nitrogens with one attached hydrogen (secondary N) is 3. The molecule has 4 nitrogen and oxygen atoms in total. The number of piperidine rings is 1. The van der Waals surface area contributed by atoms with Crippen LogP contribution < -0.4 is 20.7 Å². The largest absolute Gasteiger partial charge is 0.486 e. The second-order valence-electron chi connectivity index (χ2n) is 7.09. The number of halogens is 7. The van der Waals surface area contributed by atoms with Crippen molar-refractivity contribution in [3.05, 3.63) is 29.3 Å². The van der Waals surface area contributed by atoms with E-state index in [9.17, 15) is 30.7 Å². The third-order valence-corrected chi connectivity index (χ3v) is 5.04. The highest BCUT2D eigenvalue weighted by Gasteiger charge is 2.44. The van der Waals surface area contributed by atoms with Gasteiger partial charge < -0.3 is 10.1 Å². The van der Waals surface area contributed by atoms with E-state index in [4.69, 9.17) is 0 Å². The molecule has 1 spiro atoms. The van der Waals surface area contributed by atoms with Crippen molar-refractivity contribution in [2.75, 3.05) is 26.2 Å². The molecule has 0 saturated carbocycles. The summed E-state index contributed by atoms with van der Waals surface area (Å²) in [5.41, 5.74) is -1.25. The van der Waals surface area contributed by atoms with Crippen LogP contribution in [-0.2, 0) is 6.18 Å². The van der Waals surface area contributed by atoms with Gasteiger partial charge in [0.25, 0.3) is 0 Å². The highest BCUT2D eigenvalue weighted by Crippen LogP contribution is 2.39. The van der Waals surface area contributed by atoms with Gasteiger partial charge in [-0.2, -0.15) is 22.0 Å². The molecule has 0 bridgehead atoms. The number of rotatable bonds is 5. The lowest BCUT2D eigenvalue weighted by molar-refractivity contribution is -0.153. The van der Waals surface area contributed by atoms with Gasteiger partial charge in [-0.3, -0.25) is 10.6 Å². The number of hydrogen-bond acceptors (Lipinski definition) is 4. The highest BCUT2D eigenvalue weighted by molar-refractivity contribution is 5.41. The summed E-state index contributed by atoms with van der Waals surface area (Å²) in [7, 11) is 0. The van der Waals surface area contributed by atoms with Crippen molar-refractivity contribution in [1.29, 1.82) is 0 Å². The zero-order valence-electron chi connectivity index (χ0n) is 14.7. The molecule has 1 aromatic rings. The molecule has 2 aliphatic rings. The van der Waals surface area contributed by atoms with Crippen molar-refractivity contribution in [3.8, 4) is 5.75 Å². The standard InChI is InChI=1S/C17H20F7N3O/c18-14(19)16(20,21)9-28-12-2-1-10(7-11(12)17(22,23)24)13-26-8-15(27-13)3-5-25-6-4-15/h1-2,7,13-14,25-27H,3-6,8-9H2. The lowest BCUT2D eigenvalue weighted by atomic mass is 9.89. The molecule has 2 fully saturated rings. The fraction of sp³-hybridized carbons (Fsp3) is 0.647. The molecule has 2 aliphatic heterocycles. The fourth-order valence-corrected chi connectivity index (χ4v) is 3.44. The van der Waals surface area contributed by atoms with Gasteiger partial charge >= 0.3 is 18.5 Å². The molecule has 0 aliphatic carbocycles. The van der Waals surface area contributed by atoms with Crippen molar-refractivity contribution in [2.45, 2.75) is 43.1 Å². The fourth-order valence-electron chi connectivity index (χ4n) is 3.44. The second kappa shape index (κ2) is 7.68. The quantitative estimate of drug-likeness (QED) is 0.646. The maximum atomic E-state index is 13.4. The molecule has 28 heavy (non-hydrogen) atoms. The molecule has 1 atom stereocenters. The van der Waals surface area contributed by atoms with Crippen LogP contribution in [0.5, 0.6) is 5.75 Å². The zero-order chi connectivity index (χ0) is 20.6. The SMILES string of the molecule is FC(F)C(F)(F)COc1ccc(C2NCC3(CCNCC3)N2)cc1C(F)(F)F. The topological polar surface area (TPSA) is 45.3 Å². The summed E-state index contributed by atoms with van der Waals surface area (Å²) in [6.45, 7) is 0.323. The van der Waals surface area contributed by atoms with Crippen LogP contribution in [0.25, 0.3) is 0 Å². The van der Waals surface area contributed by atoms with Crippen LogP contribution in [0.3, 0.4) is 0 Å². The molecule has 3 N–H and O–H groups in total. The van der Waals surface area contributed by atoms with E-state index in [0.717, 1.165) is 38.1 Å². The molecule has 3 rings (SSSR count). The average Bonchev–Trinajstić information content (AvgIpc) is 3.03. The number of hydrogen-bond donors (Lipinski definition) is 3. The Kier molecular flexibility index (Phi) is 5.79. The molecular formula is C17H20F7N3O. The number of benzene rings is 1. The van der Waals surface area contributed by atoms with E-state index in [1.165, 1.54) is 6.07 Å². The third-order valence-electron chi connectivity index (χ3n) is 5.04. The zero-order valence-corrected chi connectivity index (χ0v) is 14.7. The molecule has 0 amide bonds. The lowest BCUT2D eigenvalue weighted by Crippen LogP contribution is -2.50. The second-order valence-corrected chi connectivity index (χ2v) is 7.09. The van der Waals surface area contributed by atoms with E-state index in [0.29, 0.717) is 6.54 Å². The molecule has 1 unspecified atom stereocenters. The van der Waals surface area contributed by atoms with E-state index < -0.39 is 42.6 Å². The van der Waals surface area contributed by atoms with Gasteiger partial charge in [-0.05, 0) is 43.6 Å². The normalized spacial score (nSPS) is 22.8. The van der Waals surface area contributed by atoms with Crippen molar-refractivity contribution >= 4 is 0 Å². The first-order valence-corrected chi connectivity index (χ1v) is 8.74. The molecule has 0 radical (unpaired) electrons. The van der Waals surface area contributed by atoms with Crippen LogP contribution in [0.4, 0.5) is 30.7 Å². The van der Waals surface area contributed by atoms with Gasteiger partial charge in [0.2, 0.25) is 0 Å². The Hall–Kier alpha value is -1.59. The van der Waals surface area contributed by atoms with Crippen LogP contribution in [-0.4, -0.2) is 44.1 Å². The van der Waals surface area contributed by atoms with Crippen molar-refractivity contribution in [1.82, 2.24) is 16.0 Å². The van der Waals surface area contributed by atoms with Gasteiger partial charge in [-0.1, -0.05) is 6.07 Å². The van der Waals surface area contributed by atoms with Crippen LogP contribution in [0.2, 0.25) is 0 Å². The van der Waals surface area contributed by atoms with Gasteiger partial charge in [0.05, 0.1) is 11.7 Å². The van der Waals surface area contributed by atoms with Crippen LogP contribution in [0.15, 0.2) is 18.2 Å². The summed E-state index contributed by atoms with van der Waals surface area (Å²) in [4.78, 5) is 0. The molecule has 158 valence electrons. The molecule has 0 aromatic heterocycles. The smallest absolute Gasteiger partial charge is 0.419 e. The summed E-state index contributed by atoms with van der Waals surface area (Å²) in [6.07, 6.45) is -7.85. The molecule has 1 aromatic carbocycles. The lowest BCUT2D eigenvalue weighted by Gasteiger charge is -2.34. The van der Waals surface area contributed by atoms with Crippen molar-refractivity contribution in [2.24, 2.45) is 0 Å². The van der Waals surface area contributed by atoms with E-state index >= 15 is 0 Å². The Morgan fingerprint density at radius 2 is 1.79 bits per heavy atom. The minimum absolute atomic E-state index is 0.219. The molecule has 11 heteroatoms. The van der Waals surface area contributed by atoms with Gasteiger partial charge in [0, 0.05) is 12.1 Å². The summed E-state index contributed by atoms with van der Waals surface area (Å²) >= 11 is 0. The third kappa shape index (κ3) is 4.52. The minimum Gasteiger partial charge on any atom is -0.486 e. The van der Waals surface area contributed by atoms with Crippen LogP contribution >= 0.6 is 0 Å². The first-order valence-electron chi connectivity index (χ1n) is 8.74. The monoisotopic (exact) mass is 415 g/mol. The van der Waals surface area contributed by atoms with Gasteiger partial charge in [-0.25, -0.2) is 8.78 Å². The Morgan fingerprint density at radius 3 is 2.39 bits per heavy atom. The Bertz CT molecular complexity index is 690. The summed E-state index contributed by atoms with van der Waals surface area (Å²) in [5, 5.41) is 9.66. The Balaban J connectivity index is 1.79. The van der Waals surface area contributed by atoms with Gasteiger partial charge in [-0.15, -0.1) is 0 Å². The minimum atomic E-state index is -4.89. The van der Waals surface area contributed by atoms with E-state index in [-0.39, 0.29) is 11.1 Å². The first-order chi connectivity index (χ1) is 13.0. The van der Waals surface area contributed by atoms with Crippen molar-refractivity contribution in [3.63, 3.8) is 0 Å². The maximum Gasteiger partial charge on any atom is 0.419 e. The average molecular weight is 415 g/mol. The Labute approximate surface area is 156 Å². The van der Waals surface area contributed by atoms with Crippen LogP contribution in [0.1, 0.15) is 30.1 Å². The number of alkyl halides is 7. The summed E-state index contributed by atoms with van der Waals surface area (Å²) < 4.78 is 95.0. The summed E-state index contributed by atoms with van der Waals surface area (Å²) in [5.74, 6) is -5.46. The first kappa shape index (κ1) is 21.1.